The molecule has 0 amide bonds. The molecule has 1 aromatic rings. The molecule has 18 heavy (non-hydrogen) atoms. The van der Waals surface area contributed by atoms with Crippen LogP contribution in [0.1, 0.15) is 26.3 Å². The summed E-state index contributed by atoms with van der Waals surface area (Å²) >= 11 is 3.39. The maximum absolute atomic E-state index is 13.8. The number of halogens is 2. The van der Waals surface area contributed by atoms with Gasteiger partial charge in [0, 0.05) is 29.5 Å². The molecule has 0 aliphatic heterocycles. The van der Waals surface area contributed by atoms with E-state index < -0.39 is 0 Å². The molecule has 0 radical (unpaired) electrons. The standard InChI is InChI=1S/C14H22BrFN2/c1-4-17-7-8-18-10-14(2,3)12-9-11(15)5-6-13(12)16/h5-6,9,17-18H,4,7-8,10H2,1-3H3. The van der Waals surface area contributed by atoms with Crippen LogP contribution in [0.5, 0.6) is 0 Å². The smallest absolute Gasteiger partial charge is 0.127 e. The Morgan fingerprint density at radius 3 is 2.56 bits per heavy atom. The zero-order valence-corrected chi connectivity index (χ0v) is 12.9. The molecule has 0 heterocycles. The minimum Gasteiger partial charge on any atom is -0.316 e. The molecular formula is C14H22BrFN2. The van der Waals surface area contributed by atoms with Crippen LogP contribution in [-0.4, -0.2) is 26.2 Å². The predicted octanol–water partition coefficient (Wildman–Crippen LogP) is 3.06. The fraction of sp³-hybridized carbons (Fsp3) is 0.571. The largest absolute Gasteiger partial charge is 0.316 e. The first-order chi connectivity index (χ1) is 8.47. The lowest BCUT2D eigenvalue weighted by molar-refractivity contribution is 0.443. The Morgan fingerprint density at radius 2 is 1.89 bits per heavy atom. The summed E-state index contributed by atoms with van der Waals surface area (Å²) in [4.78, 5) is 0. The van der Waals surface area contributed by atoms with E-state index in [4.69, 9.17) is 0 Å². The minimum absolute atomic E-state index is 0.142. The zero-order valence-electron chi connectivity index (χ0n) is 11.3. The van der Waals surface area contributed by atoms with Gasteiger partial charge in [-0.1, -0.05) is 36.7 Å². The van der Waals surface area contributed by atoms with Gasteiger partial charge in [0.2, 0.25) is 0 Å². The molecule has 1 aromatic carbocycles. The summed E-state index contributed by atoms with van der Waals surface area (Å²) in [6.07, 6.45) is 0. The van der Waals surface area contributed by atoms with Crippen LogP contribution in [-0.2, 0) is 5.41 Å². The number of benzene rings is 1. The summed E-state index contributed by atoms with van der Waals surface area (Å²) in [5, 5.41) is 6.61. The first kappa shape index (κ1) is 15.6. The van der Waals surface area contributed by atoms with Crippen molar-refractivity contribution >= 4 is 15.9 Å². The molecular weight excluding hydrogens is 295 g/mol. The number of hydrogen-bond donors (Lipinski definition) is 2. The molecule has 0 aromatic heterocycles. The summed E-state index contributed by atoms with van der Waals surface area (Å²) in [7, 11) is 0. The molecule has 0 saturated heterocycles. The van der Waals surface area contributed by atoms with Crippen molar-refractivity contribution < 1.29 is 4.39 Å². The van der Waals surface area contributed by atoms with Crippen molar-refractivity contribution in [2.45, 2.75) is 26.2 Å². The van der Waals surface area contributed by atoms with Crippen LogP contribution < -0.4 is 10.6 Å². The quantitative estimate of drug-likeness (QED) is 0.755. The Bertz CT molecular complexity index is 380. The Kier molecular flexibility index (Phi) is 6.26. The van der Waals surface area contributed by atoms with Gasteiger partial charge in [-0.05, 0) is 30.3 Å². The Balaban J connectivity index is 2.59. The second kappa shape index (κ2) is 7.22. The summed E-state index contributed by atoms with van der Waals surface area (Å²) in [5.41, 5.74) is 0.521. The second-order valence-corrected chi connectivity index (χ2v) is 5.95. The fourth-order valence-electron chi connectivity index (χ4n) is 1.87. The van der Waals surface area contributed by atoms with Crippen LogP contribution in [0, 0.1) is 5.82 Å². The van der Waals surface area contributed by atoms with E-state index in [9.17, 15) is 4.39 Å². The number of rotatable bonds is 7. The maximum Gasteiger partial charge on any atom is 0.127 e. The van der Waals surface area contributed by atoms with Crippen molar-refractivity contribution in [1.29, 1.82) is 0 Å². The third-order valence-corrected chi connectivity index (χ3v) is 3.45. The van der Waals surface area contributed by atoms with Gasteiger partial charge in [0.25, 0.3) is 0 Å². The van der Waals surface area contributed by atoms with Crippen LogP contribution in [0.4, 0.5) is 4.39 Å². The monoisotopic (exact) mass is 316 g/mol. The average molecular weight is 317 g/mol. The highest BCUT2D eigenvalue weighted by molar-refractivity contribution is 9.10. The van der Waals surface area contributed by atoms with Gasteiger partial charge in [-0.3, -0.25) is 0 Å². The van der Waals surface area contributed by atoms with Crippen molar-refractivity contribution in [1.82, 2.24) is 10.6 Å². The van der Waals surface area contributed by atoms with Gasteiger partial charge >= 0.3 is 0 Å². The van der Waals surface area contributed by atoms with E-state index in [0.717, 1.165) is 36.2 Å². The molecule has 0 bridgehead atoms. The maximum atomic E-state index is 13.8. The molecule has 0 fully saturated rings. The topological polar surface area (TPSA) is 24.1 Å². The van der Waals surface area contributed by atoms with Crippen molar-refractivity contribution in [2.24, 2.45) is 0 Å². The van der Waals surface area contributed by atoms with E-state index in [1.807, 2.05) is 6.07 Å². The molecule has 0 aliphatic carbocycles. The first-order valence-corrected chi connectivity index (χ1v) is 7.13. The molecule has 102 valence electrons. The number of nitrogens with one attached hydrogen (secondary N) is 2. The number of likely N-dealkylation sites (N-methyl/N-ethyl adjacent to an activating group) is 1. The molecule has 4 heteroatoms. The minimum atomic E-state index is -0.222. The fourth-order valence-corrected chi connectivity index (χ4v) is 2.23. The molecule has 2 nitrogen and oxygen atoms in total. The highest BCUT2D eigenvalue weighted by Crippen LogP contribution is 2.27. The van der Waals surface area contributed by atoms with Gasteiger partial charge in [-0.2, -0.15) is 0 Å². The van der Waals surface area contributed by atoms with Crippen LogP contribution in [0.15, 0.2) is 22.7 Å². The molecule has 0 aliphatic rings. The molecule has 0 atom stereocenters. The van der Waals surface area contributed by atoms with Gasteiger partial charge in [-0.25, -0.2) is 4.39 Å². The summed E-state index contributed by atoms with van der Waals surface area (Å²) in [5.74, 6) is -0.142. The predicted molar refractivity (Wildman–Crippen MR) is 78.5 cm³/mol. The SMILES string of the molecule is CCNCCNCC(C)(C)c1cc(Br)ccc1F. The zero-order chi connectivity index (χ0) is 13.6. The highest BCUT2D eigenvalue weighted by atomic mass is 79.9. The van der Waals surface area contributed by atoms with E-state index in [2.05, 4.69) is 47.3 Å². The Labute approximate surface area is 117 Å². The van der Waals surface area contributed by atoms with Gasteiger partial charge in [0.1, 0.15) is 5.82 Å². The molecule has 0 spiro atoms. The summed E-state index contributed by atoms with van der Waals surface area (Å²) in [6, 6.07) is 5.11. The van der Waals surface area contributed by atoms with Crippen molar-refractivity contribution in [2.75, 3.05) is 26.2 Å². The van der Waals surface area contributed by atoms with Gasteiger partial charge in [0.15, 0.2) is 0 Å². The summed E-state index contributed by atoms with van der Waals surface area (Å²) < 4.78 is 14.8. The van der Waals surface area contributed by atoms with Crippen LogP contribution in [0.3, 0.4) is 0 Å². The third kappa shape index (κ3) is 4.67. The van der Waals surface area contributed by atoms with Gasteiger partial charge in [0.05, 0.1) is 0 Å². The second-order valence-electron chi connectivity index (χ2n) is 5.04. The van der Waals surface area contributed by atoms with E-state index >= 15 is 0 Å². The normalized spacial score (nSPS) is 11.8. The molecule has 0 unspecified atom stereocenters. The number of hydrogen-bond acceptors (Lipinski definition) is 2. The summed E-state index contributed by atoms with van der Waals surface area (Å²) in [6.45, 7) is 9.76. The van der Waals surface area contributed by atoms with E-state index in [0.29, 0.717) is 0 Å². The van der Waals surface area contributed by atoms with Crippen molar-refractivity contribution in [3.63, 3.8) is 0 Å². The van der Waals surface area contributed by atoms with Gasteiger partial charge < -0.3 is 10.6 Å². The molecule has 2 N–H and O–H groups in total. The van der Waals surface area contributed by atoms with Crippen LogP contribution >= 0.6 is 15.9 Å². The lowest BCUT2D eigenvalue weighted by Gasteiger charge is -2.26. The lowest BCUT2D eigenvalue weighted by atomic mass is 9.84. The first-order valence-electron chi connectivity index (χ1n) is 6.34. The van der Waals surface area contributed by atoms with E-state index in [1.165, 1.54) is 6.07 Å². The van der Waals surface area contributed by atoms with Gasteiger partial charge in [-0.15, -0.1) is 0 Å². The van der Waals surface area contributed by atoms with E-state index in [1.54, 1.807) is 6.07 Å². The van der Waals surface area contributed by atoms with Crippen molar-refractivity contribution in [3.05, 3.63) is 34.1 Å². The Hall–Kier alpha value is -0.450. The van der Waals surface area contributed by atoms with E-state index in [-0.39, 0.29) is 11.2 Å². The lowest BCUT2D eigenvalue weighted by Crippen LogP contribution is -2.37. The highest BCUT2D eigenvalue weighted by Gasteiger charge is 2.23. The van der Waals surface area contributed by atoms with Crippen LogP contribution in [0.2, 0.25) is 0 Å². The Morgan fingerprint density at radius 1 is 1.22 bits per heavy atom. The molecule has 1 rings (SSSR count). The third-order valence-electron chi connectivity index (χ3n) is 2.95. The van der Waals surface area contributed by atoms with Crippen LogP contribution in [0.25, 0.3) is 0 Å². The van der Waals surface area contributed by atoms with Crippen molar-refractivity contribution in [3.8, 4) is 0 Å². The molecule has 0 saturated carbocycles. The average Bonchev–Trinajstić information content (AvgIpc) is 2.32.